The van der Waals surface area contributed by atoms with Gasteiger partial charge in [-0.2, -0.15) is 4.98 Å². The monoisotopic (exact) mass is 401 g/mol. The number of piperazine rings is 1. The van der Waals surface area contributed by atoms with Crippen LogP contribution in [0.3, 0.4) is 0 Å². The molecule has 0 spiro atoms. The molecule has 29 heavy (non-hydrogen) atoms. The minimum Gasteiger partial charge on any atom is -0.356 e. The van der Waals surface area contributed by atoms with Crippen LogP contribution in [0, 0.1) is 18.6 Å². The van der Waals surface area contributed by atoms with Crippen LogP contribution in [0.15, 0.2) is 24.3 Å². The number of aryl methyl sites for hydroxylation is 1. The Balaban J connectivity index is 1.38. The average Bonchev–Trinajstić information content (AvgIpc) is 3.25. The van der Waals surface area contributed by atoms with Crippen LogP contribution in [-0.4, -0.2) is 60.0 Å². The first-order valence-electron chi connectivity index (χ1n) is 10.1. The molecule has 2 aliphatic rings. The largest absolute Gasteiger partial charge is 0.356 e. The first kappa shape index (κ1) is 19.5. The van der Waals surface area contributed by atoms with Crippen molar-refractivity contribution in [3.05, 3.63) is 47.2 Å². The van der Waals surface area contributed by atoms with Gasteiger partial charge in [-0.05, 0) is 31.4 Å². The van der Waals surface area contributed by atoms with Crippen LogP contribution in [-0.2, 0) is 11.2 Å². The van der Waals surface area contributed by atoms with Gasteiger partial charge in [0.1, 0.15) is 17.5 Å². The van der Waals surface area contributed by atoms with Crippen molar-refractivity contribution in [2.75, 3.05) is 49.1 Å². The number of benzene rings is 1. The molecular weight excluding hydrogens is 376 g/mol. The smallest absolute Gasteiger partial charge is 0.227 e. The summed E-state index contributed by atoms with van der Waals surface area (Å²) in [6.45, 7) is 6.33. The van der Waals surface area contributed by atoms with E-state index in [1.165, 1.54) is 25.0 Å². The van der Waals surface area contributed by atoms with E-state index in [1.54, 1.807) is 4.90 Å². The molecule has 2 saturated heterocycles. The molecule has 6 nitrogen and oxygen atoms in total. The number of amides is 1. The van der Waals surface area contributed by atoms with Crippen LogP contribution in [0.1, 0.15) is 24.1 Å². The zero-order valence-electron chi connectivity index (χ0n) is 16.6. The molecular formula is C21H25F2N5O. The number of aromatic nitrogens is 2. The van der Waals surface area contributed by atoms with Gasteiger partial charge in [0.05, 0.1) is 6.42 Å². The number of anilines is 2. The fourth-order valence-electron chi connectivity index (χ4n) is 3.88. The molecule has 0 bridgehead atoms. The van der Waals surface area contributed by atoms with E-state index in [1.807, 2.05) is 13.0 Å². The van der Waals surface area contributed by atoms with Gasteiger partial charge in [-0.15, -0.1) is 0 Å². The zero-order chi connectivity index (χ0) is 20.4. The van der Waals surface area contributed by atoms with E-state index in [9.17, 15) is 13.6 Å². The number of hydrogen-bond donors (Lipinski definition) is 0. The van der Waals surface area contributed by atoms with Crippen LogP contribution >= 0.6 is 0 Å². The molecule has 154 valence electrons. The Kier molecular flexibility index (Phi) is 5.60. The summed E-state index contributed by atoms with van der Waals surface area (Å²) in [4.78, 5) is 28.0. The van der Waals surface area contributed by atoms with Crippen molar-refractivity contribution < 1.29 is 13.6 Å². The predicted octanol–water partition coefficient (Wildman–Crippen LogP) is 2.55. The molecule has 3 heterocycles. The van der Waals surface area contributed by atoms with E-state index in [-0.39, 0.29) is 17.9 Å². The minimum absolute atomic E-state index is 0.0633. The maximum Gasteiger partial charge on any atom is 0.227 e. The van der Waals surface area contributed by atoms with Gasteiger partial charge in [0.25, 0.3) is 0 Å². The maximum atomic E-state index is 13.8. The third-order valence-corrected chi connectivity index (χ3v) is 5.53. The Bertz CT molecular complexity index is 893. The number of carbonyl (C=O) groups excluding carboxylic acids is 1. The number of carbonyl (C=O) groups is 1. The Labute approximate surface area is 169 Å². The lowest BCUT2D eigenvalue weighted by molar-refractivity contribution is -0.130. The van der Waals surface area contributed by atoms with E-state index < -0.39 is 11.6 Å². The lowest BCUT2D eigenvalue weighted by Crippen LogP contribution is -2.49. The van der Waals surface area contributed by atoms with Crippen molar-refractivity contribution in [3.63, 3.8) is 0 Å². The van der Waals surface area contributed by atoms with Crippen molar-refractivity contribution in [2.45, 2.75) is 26.2 Å². The van der Waals surface area contributed by atoms with Gasteiger partial charge < -0.3 is 14.7 Å². The zero-order valence-corrected chi connectivity index (χ0v) is 16.6. The Morgan fingerprint density at radius 2 is 1.69 bits per heavy atom. The van der Waals surface area contributed by atoms with E-state index in [0.717, 1.165) is 30.7 Å². The molecule has 1 amide bonds. The second-order valence-electron chi connectivity index (χ2n) is 7.64. The summed E-state index contributed by atoms with van der Waals surface area (Å²) in [5.41, 5.74) is 1.15. The standard InChI is InChI=1S/C21H25F2N5O/c1-15-12-19(26-6-2-3-7-26)25-21(24-15)28-10-8-27(9-11-28)20(29)13-16-4-5-17(22)14-18(16)23/h4-5,12,14H,2-3,6-11,13H2,1H3. The average molecular weight is 401 g/mol. The highest BCUT2D eigenvalue weighted by atomic mass is 19.1. The van der Waals surface area contributed by atoms with E-state index in [2.05, 4.69) is 14.8 Å². The lowest BCUT2D eigenvalue weighted by Gasteiger charge is -2.35. The van der Waals surface area contributed by atoms with Gasteiger partial charge in [-0.3, -0.25) is 4.79 Å². The normalized spacial score (nSPS) is 17.1. The molecule has 0 N–H and O–H groups in total. The second-order valence-corrected chi connectivity index (χ2v) is 7.64. The van der Waals surface area contributed by atoms with E-state index in [0.29, 0.717) is 32.1 Å². The highest BCUT2D eigenvalue weighted by Gasteiger charge is 2.24. The van der Waals surface area contributed by atoms with Gasteiger partial charge in [-0.1, -0.05) is 6.07 Å². The van der Waals surface area contributed by atoms with Crippen LogP contribution in [0.2, 0.25) is 0 Å². The van der Waals surface area contributed by atoms with Crippen LogP contribution in [0.4, 0.5) is 20.5 Å². The van der Waals surface area contributed by atoms with Crippen molar-refractivity contribution >= 4 is 17.7 Å². The molecule has 8 heteroatoms. The lowest BCUT2D eigenvalue weighted by atomic mass is 10.1. The van der Waals surface area contributed by atoms with Gasteiger partial charge in [0, 0.05) is 57.1 Å². The van der Waals surface area contributed by atoms with E-state index >= 15 is 0 Å². The summed E-state index contributed by atoms with van der Waals surface area (Å²) in [7, 11) is 0. The third-order valence-electron chi connectivity index (χ3n) is 5.53. The topological polar surface area (TPSA) is 52.6 Å². The van der Waals surface area contributed by atoms with Crippen LogP contribution < -0.4 is 9.80 Å². The summed E-state index contributed by atoms with van der Waals surface area (Å²) in [6.07, 6.45) is 2.31. The van der Waals surface area contributed by atoms with Gasteiger partial charge >= 0.3 is 0 Å². The summed E-state index contributed by atoms with van der Waals surface area (Å²) < 4.78 is 26.9. The molecule has 0 radical (unpaired) electrons. The highest BCUT2D eigenvalue weighted by molar-refractivity contribution is 5.79. The fourth-order valence-corrected chi connectivity index (χ4v) is 3.88. The second kappa shape index (κ2) is 8.31. The number of nitrogens with zero attached hydrogens (tertiary/aromatic N) is 5. The number of hydrogen-bond acceptors (Lipinski definition) is 5. The van der Waals surface area contributed by atoms with Gasteiger partial charge in [0.15, 0.2) is 0 Å². The number of halogens is 2. The van der Waals surface area contributed by atoms with Gasteiger partial charge in [0.2, 0.25) is 11.9 Å². The summed E-state index contributed by atoms with van der Waals surface area (Å²) in [6, 6.07) is 5.34. The maximum absolute atomic E-state index is 13.8. The molecule has 4 rings (SSSR count). The molecule has 1 aromatic heterocycles. The molecule has 2 aliphatic heterocycles. The van der Waals surface area contributed by atoms with Crippen molar-refractivity contribution in [3.8, 4) is 0 Å². The molecule has 0 unspecified atom stereocenters. The summed E-state index contributed by atoms with van der Waals surface area (Å²) in [5, 5.41) is 0. The molecule has 2 aromatic rings. The SMILES string of the molecule is Cc1cc(N2CCCC2)nc(N2CCN(C(=O)Cc3ccc(F)cc3F)CC2)n1. The van der Waals surface area contributed by atoms with Crippen molar-refractivity contribution in [1.82, 2.24) is 14.9 Å². The Morgan fingerprint density at radius 1 is 0.966 bits per heavy atom. The molecule has 0 aliphatic carbocycles. The fraction of sp³-hybridized carbons (Fsp3) is 0.476. The van der Waals surface area contributed by atoms with E-state index in [4.69, 9.17) is 4.98 Å². The highest BCUT2D eigenvalue weighted by Crippen LogP contribution is 2.22. The summed E-state index contributed by atoms with van der Waals surface area (Å²) in [5.74, 6) is 0.190. The van der Waals surface area contributed by atoms with Crippen molar-refractivity contribution in [2.24, 2.45) is 0 Å². The van der Waals surface area contributed by atoms with Crippen LogP contribution in [0.5, 0.6) is 0 Å². The predicted molar refractivity (Wildman–Crippen MR) is 107 cm³/mol. The third kappa shape index (κ3) is 4.46. The summed E-state index contributed by atoms with van der Waals surface area (Å²) >= 11 is 0. The van der Waals surface area contributed by atoms with Crippen LogP contribution in [0.25, 0.3) is 0 Å². The first-order chi connectivity index (χ1) is 14.0. The van der Waals surface area contributed by atoms with Gasteiger partial charge in [-0.25, -0.2) is 13.8 Å². The molecule has 0 saturated carbocycles. The van der Waals surface area contributed by atoms with Crippen molar-refractivity contribution in [1.29, 1.82) is 0 Å². The number of rotatable bonds is 4. The molecule has 2 fully saturated rings. The minimum atomic E-state index is -0.681. The Morgan fingerprint density at radius 3 is 2.38 bits per heavy atom. The quantitative estimate of drug-likeness (QED) is 0.788. The Hall–Kier alpha value is -2.77. The molecule has 0 atom stereocenters. The molecule has 1 aromatic carbocycles. The first-order valence-corrected chi connectivity index (χ1v) is 10.1.